The standard InChI is InChI=1S/C13H25N3O3/c1-5-6-7-10(12(14)18)16-13(19)11(8(2)3)15-9(4)17/h8,10-11H,5-7H2,1-4H3,(H2,14,18)(H,15,17)(H,16,19)/t10-,11-/m1/s1. The maximum absolute atomic E-state index is 12.1. The van der Waals surface area contributed by atoms with Crippen molar-refractivity contribution in [2.75, 3.05) is 0 Å². The molecule has 19 heavy (non-hydrogen) atoms. The SMILES string of the molecule is CCCC[C@@H](NC(=O)[C@H](NC(C)=O)C(C)C)C(N)=O. The van der Waals surface area contributed by atoms with Crippen LogP contribution in [0, 0.1) is 5.92 Å². The molecule has 6 nitrogen and oxygen atoms in total. The summed E-state index contributed by atoms with van der Waals surface area (Å²) in [5.41, 5.74) is 5.26. The predicted octanol–water partition coefficient (Wildman–Crippen LogP) is 0.307. The fraction of sp³-hybridized carbons (Fsp3) is 0.769. The number of hydrogen-bond acceptors (Lipinski definition) is 3. The summed E-state index contributed by atoms with van der Waals surface area (Å²) in [4.78, 5) is 34.4. The number of primary amides is 1. The van der Waals surface area contributed by atoms with Crippen LogP contribution in [0.2, 0.25) is 0 Å². The van der Waals surface area contributed by atoms with E-state index in [2.05, 4.69) is 10.6 Å². The molecule has 110 valence electrons. The lowest BCUT2D eigenvalue weighted by molar-refractivity contribution is -0.131. The van der Waals surface area contributed by atoms with Crippen molar-refractivity contribution in [2.45, 2.75) is 59.0 Å². The van der Waals surface area contributed by atoms with E-state index < -0.39 is 18.0 Å². The molecule has 0 spiro atoms. The van der Waals surface area contributed by atoms with E-state index in [9.17, 15) is 14.4 Å². The van der Waals surface area contributed by atoms with Gasteiger partial charge in [0.05, 0.1) is 0 Å². The lowest BCUT2D eigenvalue weighted by Crippen LogP contribution is -2.54. The van der Waals surface area contributed by atoms with E-state index in [0.717, 1.165) is 12.8 Å². The van der Waals surface area contributed by atoms with Crippen molar-refractivity contribution in [3.8, 4) is 0 Å². The Morgan fingerprint density at radius 2 is 1.74 bits per heavy atom. The van der Waals surface area contributed by atoms with Crippen LogP contribution >= 0.6 is 0 Å². The number of amides is 3. The van der Waals surface area contributed by atoms with Gasteiger partial charge in [-0.3, -0.25) is 14.4 Å². The summed E-state index contributed by atoms with van der Waals surface area (Å²) < 4.78 is 0. The van der Waals surface area contributed by atoms with Crippen LogP contribution in [0.1, 0.15) is 47.0 Å². The molecule has 0 saturated heterocycles. The Bertz CT molecular complexity index is 329. The van der Waals surface area contributed by atoms with Crippen molar-refractivity contribution < 1.29 is 14.4 Å². The fourth-order valence-electron chi connectivity index (χ4n) is 1.71. The smallest absolute Gasteiger partial charge is 0.243 e. The molecule has 0 rings (SSSR count). The number of hydrogen-bond donors (Lipinski definition) is 3. The highest BCUT2D eigenvalue weighted by Crippen LogP contribution is 2.05. The molecule has 0 heterocycles. The summed E-state index contributed by atoms with van der Waals surface area (Å²) in [7, 11) is 0. The zero-order valence-electron chi connectivity index (χ0n) is 12.2. The Hall–Kier alpha value is -1.59. The minimum atomic E-state index is -0.678. The second kappa shape index (κ2) is 8.50. The van der Waals surface area contributed by atoms with Crippen LogP contribution in [0.15, 0.2) is 0 Å². The second-order valence-electron chi connectivity index (χ2n) is 5.03. The van der Waals surface area contributed by atoms with Gasteiger partial charge < -0.3 is 16.4 Å². The largest absolute Gasteiger partial charge is 0.368 e. The monoisotopic (exact) mass is 271 g/mol. The first-order valence-corrected chi connectivity index (χ1v) is 6.66. The molecule has 0 bridgehead atoms. The number of nitrogens with two attached hydrogens (primary N) is 1. The lowest BCUT2D eigenvalue weighted by Gasteiger charge is -2.23. The molecular weight excluding hydrogens is 246 g/mol. The highest BCUT2D eigenvalue weighted by Gasteiger charge is 2.26. The van der Waals surface area contributed by atoms with Gasteiger partial charge >= 0.3 is 0 Å². The van der Waals surface area contributed by atoms with E-state index in [1.807, 2.05) is 20.8 Å². The van der Waals surface area contributed by atoms with Gasteiger partial charge in [-0.15, -0.1) is 0 Å². The second-order valence-corrected chi connectivity index (χ2v) is 5.03. The van der Waals surface area contributed by atoms with Crippen LogP contribution in [-0.2, 0) is 14.4 Å². The van der Waals surface area contributed by atoms with Crippen molar-refractivity contribution in [3.05, 3.63) is 0 Å². The maximum atomic E-state index is 12.1. The number of rotatable bonds is 8. The molecule has 0 fully saturated rings. The van der Waals surface area contributed by atoms with E-state index >= 15 is 0 Å². The van der Waals surface area contributed by atoms with Crippen LogP contribution in [0.4, 0.5) is 0 Å². The predicted molar refractivity (Wildman–Crippen MR) is 73.1 cm³/mol. The molecule has 0 unspecified atom stereocenters. The third kappa shape index (κ3) is 6.79. The Labute approximate surface area is 114 Å². The highest BCUT2D eigenvalue weighted by atomic mass is 16.2. The van der Waals surface area contributed by atoms with Crippen LogP contribution in [0.5, 0.6) is 0 Å². The van der Waals surface area contributed by atoms with E-state index in [-0.39, 0.29) is 17.7 Å². The van der Waals surface area contributed by atoms with Crippen LogP contribution in [-0.4, -0.2) is 29.8 Å². The molecule has 6 heteroatoms. The summed E-state index contributed by atoms with van der Waals surface area (Å²) in [6, 6.07) is -1.33. The molecule has 0 aromatic heterocycles. The molecule has 0 aromatic rings. The number of carbonyl (C=O) groups excluding carboxylic acids is 3. The van der Waals surface area contributed by atoms with Gasteiger partial charge in [-0.2, -0.15) is 0 Å². The summed E-state index contributed by atoms with van der Waals surface area (Å²) in [5, 5.41) is 5.19. The van der Waals surface area contributed by atoms with E-state index in [1.165, 1.54) is 6.92 Å². The number of nitrogens with one attached hydrogen (secondary N) is 2. The van der Waals surface area contributed by atoms with Crippen molar-refractivity contribution >= 4 is 17.7 Å². The zero-order valence-corrected chi connectivity index (χ0v) is 12.2. The highest BCUT2D eigenvalue weighted by molar-refractivity contribution is 5.91. The average Bonchev–Trinajstić information content (AvgIpc) is 2.30. The van der Waals surface area contributed by atoms with Crippen molar-refractivity contribution in [3.63, 3.8) is 0 Å². The first-order chi connectivity index (χ1) is 8.79. The molecule has 0 aromatic carbocycles. The van der Waals surface area contributed by atoms with E-state index in [4.69, 9.17) is 5.73 Å². The quantitative estimate of drug-likeness (QED) is 0.592. The van der Waals surface area contributed by atoms with Gasteiger partial charge in [0.1, 0.15) is 12.1 Å². The fourth-order valence-corrected chi connectivity index (χ4v) is 1.71. The summed E-state index contributed by atoms with van der Waals surface area (Å²) in [6.45, 7) is 7.00. The Balaban J connectivity index is 4.65. The molecule has 0 aliphatic rings. The normalized spacial score (nSPS) is 13.7. The van der Waals surface area contributed by atoms with Crippen LogP contribution < -0.4 is 16.4 Å². The molecule has 0 saturated carbocycles. The minimum Gasteiger partial charge on any atom is -0.368 e. The molecule has 0 aliphatic carbocycles. The van der Waals surface area contributed by atoms with Crippen LogP contribution in [0.3, 0.4) is 0 Å². The van der Waals surface area contributed by atoms with Gasteiger partial charge in [-0.25, -0.2) is 0 Å². The van der Waals surface area contributed by atoms with Crippen molar-refractivity contribution in [2.24, 2.45) is 11.7 Å². The molecule has 0 radical (unpaired) electrons. The molecule has 4 N–H and O–H groups in total. The third-order valence-electron chi connectivity index (χ3n) is 2.81. The minimum absolute atomic E-state index is 0.0661. The van der Waals surface area contributed by atoms with E-state index in [1.54, 1.807) is 0 Å². The summed E-state index contributed by atoms with van der Waals surface area (Å²) in [6.07, 6.45) is 2.24. The average molecular weight is 271 g/mol. The Morgan fingerprint density at radius 1 is 1.16 bits per heavy atom. The maximum Gasteiger partial charge on any atom is 0.243 e. The summed E-state index contributed by atoms with van der Waals surface area (Å²) >= 11 is 0. The van der Waals surface area contributed by atoms with Gasteiger partial charge in [0.25, 0.3) is 0 Å². The Kier molecular flexibility index (Phi) is 7.79. The zero-order chi connectivity index (χ0) is 15.0. The lowest BCUT2D eigenvalue weighted by atomic mass is 10.0. The first kappa shape index (κ1) is 17.4. The van der Waals surface area contributed by atoms with Gasteiger partial charge in [0.15, 0.2) is 0 Å². The van der Waals surface area contributed by atoms with Crippen molar-refractivity contribution in [1.29, 1.82) is 0 Å². The topological polar surface area (TPSA) is 101 Å². The molecular formula is C13H25N3O3. The first-order valence-electron chi connectivity index (χ1n) is 6.66. The number of carbonyl (C=O) groups is 3. The van der Waals surface area contributed by atoms with Gasteiger partial charge in [-0.05, 0) is 12.3 Å². The van der Waals surface area contributed by atoms with E-state index in [0.29, 0.717) is 6.42 Å². The van der Waals surface area contributed by atoms with Gasteiger partial charge in [-0.1, -0.05) is 33.6 Å². The molecule has 0 aliphatic heterocycles. The van der Waals surface area contributed by atoms with Crippen molar-refractivity contribution in [1.82, 2.24) is 10.6 Å². The number of unbranched alkanes of at least 4 members (excludes halogenated alkanes) is 1. The third-order valence-corrected chi connectivity index (χ3v) is 2.81. The van der Waals surface area contributed by atoms with Gasteiger partial charge in [0.2, 0.25) is 17.7 Å². The Morgan fingerprint density at radius 3 is 2.11 bits per heavy atom. The summed E-state index contributed by atoms with van der Waals surface area (Å²) in [5.74, 6) is -1.26. The molecule has 2 atom stereocenters. The molecule has 3 amide bonds. The van der Waals surface area contributed by atoms with Gasteiger partial charge in [0, 0.05) is 6.92 Å². The van der Waals surface area contributed by atoms with Crippen LogP contribution in [0.25, 0.3) is 0 Å².